The van der Waals surface area contributed by atoms with Crippen molar-refractivity contribution < 1.29 is 0 Å². The molecule has 2 atom stereocenters. The first-order chi connectivity index (χ1) is 8.26. The van der Waals surface area contributed by atoms with E-state index < -0.39 is 0 Å². The number of aryl methyl sites for hydroxylation is 1. The highest BCUT2D eigenvalue weighted by Crippen LogP contribution is 2.36. The molecule has 0 aromatic carbocycles. The van der Waals surface area contributed by atoms with E-state index in [4.69, 9.17) is 0 Å². The number of nitrogens with zero attached hydrogens (tertiary/aromatic N) is 2. The Kier molecular flexibility index (Phi) is 4.13. The predicted molar refractivity (Wildman–Crippen MR) is 71.0 cm³/mol. The molecule has 17 heavy (non-hydrogen) atoms. The fourth-order valence-corrected chi connectivity index (χ4v) is 2.89. The lowest BCUT2D eigenvalue weighted by Gasteiger charge is -2.27. The summed E-state index contributed by atoms with van der Waals surface area (Å²) in [4.78, 5) is 7.00. The molecular weight excluding hydrogens is 210 g/mol. The zero-order valence-corrected chi connectivity index (χ0v) is 11.1. The molecule has 1 fully saturated rings. The average Bonchev–Trinajstić information content (AvgIpc) is 2.74. The van der Waals surface area contributed by atoms with Gasteiger partial charge in [0.15, 0.2) is 0 Å². The number of likely N-dealkylation sites (tertiary alicyclic amines) is 1. The molecule has 1 saturated heterocycles. The summed E-state index contributed by atoms with van der Waals surface area (Å²) in [5.41, 5.74) is 2.47. The van der Waals surface area contributed by atoms with Crippen molar-refractivity contribution in [3.05, 3.63) is 29.6 Å². The first-order valence-electron chi connectivity index (χ1n) is 6.57. The largest absolute Gasteiger partial charge is 0.319 e. The summed E-state index contributed by atoms with van der Waals surface area (Å²) in [5.74, 6) is 0.712. The van der Waals surface area contributed by atoms with Crippen LogP contribution in [0.4, 0.5) is 0 Å². The third kappa shape index (κ3) is 2.67. The van der Waals surface area contributed by atoms with Crippen LogP contribution in [-0.2, 0) is 0 Å². The molecular formula is C14H23N3. The lowest BCUT2D eigenvalue weighted by molar-refractivity contribution is 0.238. The average molecular weight is 233 g/mol. The maximum Gasteiger partial charge on any atom is 0.0404 e. The van der Waals surface area contributed by atoms with Crippen LogP contribution in [0, 0.1) is 12.8 Å². The Bertz CT molecular complexity index is 347. The summed E-state index contributed by atoms with van der Waals surface area (Å²) in [6.07, 6.45) is 3.34. The standard InChI is InChI=1S/C14H23N3/c1-4-17-8-7-13(9-15-3)14(17)12-6-5-11(2)16-10-12/h5-6,10,13-15H,4,7-9H2,1-3H3. The van der Waals surface area contributed by atoms with E-state index in [1.807, 2.05) is 14.0 Å². The van der Waals surface area contributed by atoms with Crippen molar-refractivity contribution in [2.45, 2.75) is 26.3 Å². The van der Waals surface area contributed by atoms with Gasteiger partial charge in [-0.2, -0.15) is 0 Å². The first-order valence-corrected chi connectivity index (χ1v) is 6.57. The molecule has 94 valence electrons. The van der Waals surface area contributed by atoms with E-state index in [9.17, 15) is 0 Å². The van der Waals surface area contributed by atoms with Gasteiger partial charge < -0.3 is 5.32 Å². The Balaban J connectivity index is 2.21. The molecule has 0 amide bonds. The number of aromatic nitrogens is 1. The summed E-state index contributed by atoms with van der Waals surface area (Å²) in [5, 5.41) is 3.32. The molecule has 1 aromatic rings. The van der Waals surface area contributed by atoms with Crippen LogP contribution in [0.5, 0.6) is 0 Å². The van der Waals surface area contributed by atoms with E-state index in [1.54, 1.807) is 0 Å². The first kappa shape index (κ1) is 12.5. The fraction of sp³-hybridized carbons (Fsp3) is 0.643. The Morgan fingerprint density at radius 2 is 2.29 bits per heavy atom. The lowest BCUT2D eigenvalue weighted by atomic mass is 9.94. The molecule has 1 aromatic heterocycles. The molecule has 1 N–H and O–H groups in total. The quantitative estimate of drug-likeness (QED) is 0.862. The number of nitrogens with one attached hydrogen (secondary N) is 1. The normalized spacial score (nSPS) is 25.4. The van der Waals surface area contributed by atoms with Crippen molar-refractivity contribution in [1.29, 1.82) is 0 Å². The van der Waals surface area contributed by atoms with Gasteiger partial charge in [-0.05, 0) is 57.6 Å². The molecule has 0 radical (unpaired) electrons. The third-order valence-corrected chi connectivity index (χ3v) is 3.78. The molecule has 0 spiro atoms. The van der Waals surface area contributed by atoms with E-state index in [2.05, 4.69) is 40.5 Å². The second-order valence-electron chi connectivity index (χ2n) is 4.91. The number of pyridine rings is 1. The minimum atomic E-state index is 0.542. The minimum absolute atomic E-state index is 0.542. The third-order valence-electron chi connectivity index (χ3n) is 3.78. The molecule has 2 heterocycles. The van der Waals surface area contributed by atoms with Crippen LogP contribution in [0.2, 0.25) is 0 Å². The topological polar surface area (TPSA) is 28.2 Å². The lowest BCUT2D eigenvalue weighted by Crippen LogP contribution is -2.29. The number of hydrogen-bond acceptors (Lipinski definition) is 3. The van der Waals surface area contributed by atoms with E-state index in [0.29, 0.717) is 12.0 Å². The van der Waals surface area contributed by atoms with Crippen LogP contribution in [0.1, 0.15) is 30.6 Å². The maximum atomic E-state index is 4.44. The van der Waals surface area contributed by atoms with Crippen LogP contribution < -0.4 is 5.32 Å². The van der Waals surface area contributed by atoms with Gasteiger partial charge in [0, 0.05) is 17.9 Å². The van der Waals surface area contributed by atoms with Crippen LogP contribution in [0.15, 0.2) is 18.3 Å². The van der Waals surface area contributed by atoms with Gasteiger partial charge in [0.1, 0.15) is 0 Å². The van der Waals surface area contributed by atoms with Crippen LogP contribution in [-0.4, -0.2) is 36.6 Å². The Labute approximate surface area is 104 Å². The summed E-state index contributed by atoms with van der Waals surface area (Å²) < 4.78 is 0. The minimum Gasteiger partial charge on any atom is -0.319 e. The molecule has 3 nitrogen and oxygen atoms in total. The van der Waals surface area contributed by atoms with Crippen LogP contribution in [0.3, 0.4) is 0 Å². The van der Waals surface area contributed by atoms with Gasteiger partial charge in [0.25, 0.3) is 0 Å². The zero-order valence-electron chi connectivity index (χ0n) is 11.1. The molecule has 0 saturated carbocycles. The second kappa shape index (κ2) is 5.61. The molecule has 2 unspecified atom stereocenters. The highest BCUT2D eigenvalue weighted by atomic mass is 15.2. The van der Waals surface area contributed by atoms with Gasteiger partial charge in [-0.25, -0.2) is 0 Å². The van der Waals surface area contributed by atoms with Crippen molar-refractivity contribution in [3.63, 3.8) is 0 Å². The van der Waals surface area contributed by atoms with Gasteiger partial charge in [-0.15, -0.1) is 0 Å². The SMILES string of the molecule is CCN1CCC(CNC)C1c1ccc(C)nc1. The summed E-state index contributed by atoms with van der Waals surface area (Å²) in [7, 11) is 2.04. The fourth-order valence-electron chi connectivity index (χ4n) is 2.89. The van der Waals surface area contributed by atoms with Gasteiger partial charge in [-0.1, -0.05) is 13.0 Å². The molecule has 3 heteroatoms. The van der Waals surface area contributed by atoms with Crippen molar-refractivity contribution >= 4 is 0 Å². The Morgan fingerprint density at radius 3 is 2.88 bits per heavy atom. The summed E-state index contributed by atoms with van der Waals surface area (Å²) >= 11 is 0. The van der Waals surface area contributed by atoms with E-state index in [0.717, 1.165) is 18.8 Å². The van der Waals surface area contributed by atoms with Gasteiger partial charge in [-0.3, -0.25) is 9.88 Å². The molecule has 2 rings (SSSR count). The maximum absolute atomic E-state index is 4.44. The molecule has 1 aliphatic rings. The predicted octanol–water partition coefficient (Wildman–Crippen LogP) is 1.99. The Hall–Kier alpha value is -0.930. The second-order valence-corrected chi connectivity index (χ2v) is 4.91. The number of rotatable bonds is 4. The molecule has 1 aliphatic heterocycles. The van der Waals surface area contributed by atoms with E-state index in [-0.39, 0.29) is 0 Å². The molecule has 0 aliphatic carbocycles. The molecule has 0 bridgehead atoms. The van der Waals surface area contributed by atoms with Gasteiger partial charge in [0.05, 0.1) is 0 Å². The highest BCUT2D eigenvalue weighted by molar-refractivity contribution is 5.19. The van der Waals surface area contributed by atoms with Crippen LogP contribution >= 0.6 is 0 Å². The number of hydrogen-bond donors (Lipinski definition) is 1. The van der Waals surface area contributed by atoms with Crippen molar-refractivity contribution in [3.8, 4) is 0 Å². The zero-order chi connectivity index (χ0) is 12.3. The van der Waals surface area contributed by atoms with Crippen LogP contribution in [0.25, 0.3) is 0 Å². The van der Waals surface area contributed by atoms with Crippen molar-refractivity contribution in [2.24, 2.45) is 5.92 Å². The van der Waals surface area contributed by atoms with Gasteiger partial charge >= 0.3 is 0 Å². The smallest absolute Gasteiger partial charge is 0.0404 e. The summed E-state index contributed by atoms with van der Waals surface area (Å²) in [6, 6.07) is 4.90. The highest BCUT2D eigenvalue weighted by Gasteiger charge is 2.33. The van der Waals surface area contributed by atoms with Crippen molar-refractivity contribution in [2.75, 3.05) is 26.7 Å². The Morgan fingerprint density at radius 1 is 1.47 bits per heavy atom. The monoisotopic (exact) mass is 233 g/mol. The van der Waals surface area contributed by atoms with Gasteiger partial charge in [0.2, 0.25) is 0 Å². The van der Waals surface area contributed by atoms with Crippen molar-refractivity contribution in [1.82, 2.24) is 15.2 Å². The summed E-state index contributed by atoms with van der Waals surface area (Å²) in [6.45, 7) is 7.71. The van der Waals surface area contributed by atoms with E-state index >= 15 is 0 Å². The van der Waals surface area contributed by atoms with E-state index in [1.165, 1.54) is 18.5 Å².